The standard InChI is InChI=1S/C15H21FN2O2/c16-13-4-1-2-5-14(13)20-9-3-6-15(19)18-8-7-12(10-17)11-18/h1-2,4-5,12H,3,6-11,17H2. The molecule has 1 atom stereocenters. The molecule has 1 aliphatic heterocycles. The summed E-state index contributed by atoms with van der Waals surface area (Å²) in [5, 5.41) is 0. The molecule has 1 unspecified atom stereocenters. The fraction of sp³-hybridized carbons (Fsp3) is 0.533. The van der Waals surface area contributed by atoms with Gasteiger partial charge >= 0.3 is 0 Å². The lowest BCUT2D eigenvalue weighted by atomic mass is 10.1. The zero-order chi connectivity index (χ0) is 14.4. The van der Waals surface area contributed by atoms with Crippen molar-refractivity contribution in [2.24, 2.45) is 11.7 Å². The van der Waals surface area contributed by atoms with Crippen LogP contribution < -0.4 is 10.5 Å². The molecule has 1 aliphatic rings. The highest BCUT2D eigenvalue weighted by atomic mass is 19.1. The Morgan fingerprint density at radius 3 is 2.95 bits per heavy atom. The van der Waals surface area contributed by atoms with E-state index in [2.05, 4.69) is 0 Å². The van der Waals surface area contributed by atoms with Crippen molar-refractivity contribution in [2.45, 2.75) is 19.3 Å². The lowest BCUT2D eigenvalue weighted by Gasteiger charge is -2.16. The van der Waals surface area contributed by atoms with Crippen LogP contribution in [0.4, 0.5) is 4.39 Å². The van der Waals surface area contributed by atoms with E-state index in [0.29, 0.717) is 31.9 Å². The Bertz CT molecular complexity index is 453. The largest absolute Gasteiger partial charge is 0.491 e. The first-order valence-electron chi connectivity index (χ1n) is 7.06. The van der Waals surface area contributed by atoms with Gasteiger partial charge in [0.15, 0.2) is 11.6 Å². The minimum Gasteiger partial charge on any atom is -0.491 e. The first-order chi connectivity index (χ1) is 9.70. The molecule has 0 spiro atoms. The highest BCUT2D eigenvalue weighted by Crippen LogP contribution is 2.17. The summed E-state index contributed by atoms with van der Waals surface area (Å²) in [6.07, 6.45) is 2.02. The van der Waals surface area contributed by atoms with Gasteiger partial charge in [0, 0.05) is 19.5 Å². The molecule has 0 radical (unpaired) electrons. The molecule has 2 N–H and O–H groups in total. The second kappa shape index (κ2) is 7.24. The van der Waals surface area contributed by atoms with Gasteiger partial charge in [0.05, 0.1) is 6.61 Å². The molecule has 0 saturated carbocycles. The number of nitrogens with zero attached hydrogens (tertiary/aromatic N) is 1. The summed E-state index contributed by atoms with van der Waals surface area (Å²) in [4.78, 5) is 13.8. The quantitative estimate of drug-likeness (QED) is 0.808. The zero-order valence-electron chi connectivity index (χ0n) is 11.6. The molecular weight excluding hydrogens is 259 g/mol. The van der Waals surface area contributed by atoms with Gasteiger partial charge in [0.25, 0.3) is 0 Å². The second-order valence-corrected chi connectivity index (χ2v) is 5.11. The monoisotopic (exact) mass is 280 g/mol. The SMILES string of the molecule is NCC1CCN(C(=O)CCCOc2ccccc2F)C1. The molecule has 5 heteroatoms. The van der Waals surface area contributed by atoms with Gasteiger partial charge in [0.2, 0.25) is 5.91 Å². The van der Waals surface area contributed by atoms with Crippen LogP contribution in [0.2, 0.25) is 0 Å². The van der Waals surface area contributed by atoms with Gasteiger partial charge < -0.3 is 15.4 Å². The van der Waals surface area contributed by atoms with Crippen molar-refractivity contribution in [2.75, 3.05) is 26.2 Å². The molecule has 0 bridgehead atoms. The number of amides is 1. The second-order valence-electron chi connectivity index (χ2n) is 5.11. The number of hydrogen-bond acceptors (Lipinski definition) is 3. The summed E-state index contributed by atoms with van der Waals surface area (Å²) < 4.78 is 18.6. The Balaban J connectivity index is 1.66. The van der Waals surface area contributed by atoms with Gasteiger partial charge in [-0.05, 0) is 37.4 Å². The Hall–Kier alpha value is -1.62. The van der Waals surface area contributed by atoms with E-state index in [4.69, 9.17) is 10.5 Å². The predicted octanol–water partition coefficient (Wildman–Crippen LogP) is 1.79. The third-order valence-electron chi connectivity index (χ3n) is 3.60. The average Bonchev–Trinajstić information content (AvgIpc) is 2.94. The summed E-state index contributed by atoms with van der Waals surface area (Å²) >= 11 is 0. The molecule has 2 rings (SSSR count). The summed E-state index contributed by atoms with van der Waals surface area (Å²) in [6, 6.07) is 6.29. The summed E-state index contributed by atoms with van der Waals surface area (Å²) in [5.74, 6) is 0.445. The fourth-order valence-corrected chi connectivity index (χ4v) is 2.38. The Kier molecular flexibility index (Phi) is 5.35. The van der Waals surface area contributed by atoms with Crippen LogP contribution in [0.25, 0.3) is 0 Å². The van der Waals surface area contributed by atoms with E-state index in [1.807, 2.05) is 4.90 Å². The van der Waals surface area contributed by atoms with E-state index in [1.54, 1.807) is 18.2 Å². The Morgan fingerprint density at radius 2 is 2.25 bits per heavy atom. The topological polar surface area (TPSA) is 55.6 Å². The van der Waals surface area contributed by atoms with E-state index in [-0.39, 0.29) is 17.5 Å². The lowest BCUT2D eigenvalue weighted by Crippen LogP contribution is -2.29. The van der Waals surface area contributed by atoms with Crippen molar-refractivity contribution in [1.82, 2.24) is 4.90 Å². The molecule has 1 heterocycles. The van der Waals surface area contributed by atoms with Crippen LogP contribution in [-0.4, -0.2) is 37.0 Å². The molecule has 20 heavy (non-hydrogen) atoms. The highest BCUT2D eigenvalue weighted by Gasteiger charge is 2.24. The van der Waals surface area contributed by atoms with Crippen molar-refractivity contribution in [1.29, 1.82) is 0 Å². The van der Waals surface area contributed by atoms with E-state index >= 15 is 0 Å². The Morgan fingerprint density at radius 1 is 1.45 bits per heavy atom. The molecule has 1 amide bonds. The van der Waals surface area contributed by atoms with Crippen molar-refractivity contribution >= 4 is 5.91 Å². The number of carbonyl (C=O) groups excluding carboxylic acids is 1. The summed E-state index contributed by atoms with van der Waals surface area (Å²) in [6.45, 7) is 2.55. The molecule has 110 valence electrons. The number of para-hydroxylation sites is 1. The number of ether oxygens (including phenoxy) is 1. The molecule has 1 aromatic carbocycles. The van der Waals surface area contributed by atoms with Crippen LogP contribution in [0, 0.1) is 11.7 Å². The third-order valence-corrected chi connectivity index (χ3v) is 3.60. The maximum Gasteiger partial charge on any atom is 0.222 e. The smallest absolute Gasteiger partial charge is 0.222 e. The van der Waals surface area contributed by atoms with E-state index < -0.39 is 0 Å². The molecule has 1 fully saturated rings. The molecule has 0 aromatic heterocycles. The van der Waals surface area contributed by atoms with E-state index in [0.717, 1.165) is 19.5 Å². The number of rotatable bonds is 6. The van der Waals surface area contributed by atoms with Gasteiger partial charge in [-0.2, -0.15) is 0 Å². The number of halogens is 1. The van der Waals surface area contributed by atoms with Crippen LogP contribution in [0.15, 0.2) is 24.3 Å². The van der Waals surface area contributed by atoms with E-state index in [9.17, 15) is 9.18 Å². The molecule has 0 aliphatic carbocycles. The van der Waals surface area contributed by atoms with Crippen molar-refractivity contribution in [3.8, 4) is 5.75 Å². The number of hydrogen-bond donors (Lipinski definition) is 1. The number of nitrogens with two attached hydrogens (primary N) is 1. The van der Waals surface area contributed by atoms with Gasteiger partial charge in [-0.15, -0.1) is 0 Å². The molecule has 4 nitrogen and oxygen atoms in total. The third kappa shape index (κ3) is 3.93. The van der Waals surface area contributed by atoms with Gasteiger partial charge in [-0.3, -0.25) is 4.79 Å². The number of likely N-dealkylation sites (tertiary alicyclic amines) is 1. The van der Waals surface area contributed by atoms with Crippen molar-refractivity contribution in [3.05, 3.63) is 30.1 Å². The van der Waals surface area contributed by atoms with Gasteiger partial charge in [-0.25, -0.2) is 4.39 Å². The fourth-order valence-electron chi connectivity index (χ4n) is 2.38. The highest BCUT2D eigenvalue weighted by molar-refractivity contribution is 5.76. The predicted molar refractivity (Wildman–Crippen MR) is 74.9 cm³/mol. The first kappa shape index (κ1) is 14.8. The number of benzene rings is 1. The maximum absolute atomic E-state index is 13.3. The summed E-state index contributed by atoms with van der Waals surface area (Å²) in [5.41, 5.74) is 5.60. The van der Waals surface area contributed by atoms with Crippen LogP contribution in [-0.2, 0) is 4.79 Å². The van der Waals surface area contributed by atoms with Crippen LogP contribution >= 0.6 is 0 Å². The van der Waals surface area contributed by atoms with E-state index in [1.165, 1.54) is 6.07 Å². The van der Waals surface area contributed by atoms with Crippen LogP contribution in [0.1, 0.15) is 19.3 Å². The molecular formula is C15H21FN2O2. The van der Waals surface area contributed by atoms with Crippen LogP contribution in [0.5, 0.6) is 5.75 Å². The average molecular weight is 280 g/mol. The lowest BCUT2D eigenvalue weighted by molar-refractivity contribution is -0.130. The minimum atomic E-state index is -0.371. The summed E-state index contributed by atoms with van der Waals surface area (Å²) in [7, 11) is 0. The maximum atomic E-state index is 13.3. The van der Waals surface area contributed by atoms with Crippen LogP contribution in [0.3, 0.4) is 0 Å². The number of carbonyl (C=O) groups is 1. The first-order valence-corrected chi connectivity index (χ1v) is 7.06. The van der Waals surface area contributed by atoms with Crippen molar-refractivity contribution in [3.63, 3.8) is 0 Å². The van der Waals surface area contributed by atoms with Crippen molar-refractivity contribution < 1.29 is 13.9 Å². The Labute approximate surface area is 118 Å². The molecule has 1 saturated heterocycles. The molecule has 1 aromatic rings. The normalized spacial score (nSPS) is 18.3. The zero-order valence-corrected chi connectivity index (χ0v) is 11.6. The minimum absolute atomic E-state index is 0.137. The van der Waals surface area contributed by atoms with Gasteiger partial charge in [0.1, 0.15) is 0 Å². The van der Waals surface area contributed by atoms with Gasteiger partial charge in [-0.1, -0.05) is 12.1 Å².